The van der Waals surface area contributed by atoms with Crippen molar-refractivity contribution in [2.24, 2.45) is 10.9 Å². The number of aryl methyl sites for hydroxylation is 2. The highest BCUT2D eigenvalue weighted by atomic mass is 127. The number of nitrogens with zero attached hydrogens (tertiary/aromatic N) is 4. The number of nitrogens with one attached hydrogen (secondary N) is 2. The van der Waals surface area contributed by atoms with Gasteiger partial charge >= 0.3 is 0 Å². The molecule has 1 aliphatic heterocycles. The summed E-state index contributed by atoms with van der Waals surface area (Å²) in [6.07, 6.45) is 6.15. The molecule has 2 N–H and O–H groups in total. The molecule has 0 saturated carbocycles. The molecule has 0 aliphatic carbocycles. The van der Waals surface area contributed by atoms with E-state index in [1.165, 1.54) is 12.8 Å². The van der Waals surface area contributed by atoms with Crippen molar-refractivity contribution in [3.05, 3.63) is 40.9 Å². The maximum atomic E-state index is 5.46. The van der Waals surface area contributed by atoms with E-state index in [0.717, 1.165) is 72.8 Å². The summed E-state index contributed by atoms with van der Waals surface area (Å²) in [7, 11) is 0. The topological polar surface area (TPSA) is 78.6 Å². The van der Waals surface area contributed by atoms with Crippen LogP contribution in [0.25, 0.3) is 0 Å². The van der Waals surface area contributed by atoms with Crippen LogP contribution in [-0.4, -0.2) is 35.7 Å². The Kier molecular flexibility index (Phi) is 10.6. The number of pyridine rings is 1. The van der Waals surface area contributed by atoms with Gasteiger partial charge in [-0.1, -0.05) is 32.0 Å². The number of hydrogen-bond donors (Lipinski definition) is 2. The normalized spacial score (nSPS) is 15.0. The summed E-state index contributed by atoms with van der Waals surface area (Å²) in [4.78, 5) is 11.8. The van der Waals surface area contributed by atoms with Gasteiger partial charge in [-0.25, -0.2) is 9.98 Å². The third kappa shape index (κ3) is 7.08. The van der Waals surface area contributed by atoms with E-state index in [0.29, 0.717) is 13.1 Å². The summed E-state index contributed by atoms with van der Waals surface area (Å²) in [5, 5.41) is 10.9. The lowest BCUT2D eigenvalue weighted by molar-refractivity contribution is 0.380. The minimum Gasteiger partial charge on any atom is -0.361 e. The Labute approximate surface area is 203 Å². The molecule has 2 aromatic rings. The molecule has 0 atom stereocenters. The number of guanidine groups is 1. The summed E-state index contributed by atoms with van der Waals surface area (Å²) in [5.74, 6) is 3.64. The van der Waals surface area contributed by atoms with Gasteiger partial charge in [0.25, 0.3) is 0 Å². The molecule has 31 heavy (non-hydrogen) atoms. The Morgan fingerprint density at radius 2 is 1.94 bits per heavy atom. The molecule has 3 heterocycles. The fourth-order valence-corrected chi connectivity index (χ4v) is 3.76. The molecule has 1 saturated heterocycles. The van der Waals surface area contributed by atoms with Crippen molar-refractivity contribution in [1.82, 2.24) is 20.8 Å². The molecule has 1 aliphatic rings. The number of anilines is 1. The molecule has 0 radical (unpaired) electrons. The van der Waals surface area contributed by atoms with Crippen LogP contribution in [0.15, 0.2) is 27.8 Å². The van der Waals surface area contributed by atoms with E-state index in [-0.39, 0.29) is 24.0 Å². The van der Waals surface area contributed by atoms with E-state index in [2.05, 4.69) is 65.5 Å². The fraction of sp³-hybridized carbons (Fsp3) is 0.609. The van der Waals surface area contributed by atoms with Crippen molar-refractivity contribution >= 4 is 35.8 Å². The number of piperidine rings is 1. The predicted octanol–water partition coefficient (Wildman–Crippen LogP) is 4.30. The Morgan fingerprint density at radius 1 is 1.16 bits per heavy atom. The Hall–Kier alpha value is -1.84. The average molecular weight is 540 g/mol. The summed E-state index contributed by atoms with van der Waals surface area (Å²) in [6, 6.07) is 4.26. The summed E-state index contributed by atoms with van der Waals surface area (Å²) < 4.78 is 5.46. The van der Waals surface area contributed by atoms with Crippen LogP contribution >= 0.6 is 24.0 Å². The van der Waals surface area contributed by atoms with E-state index in [1.807, 2.05) is 6.20 Å². The van der Waals surface area contributed by atoms with Crippen molar-refractivity contribution in [1.29, 1.82) is 0 Å². The van der Waals surface area contributed by atoms with Gasteiger partial charge < -0.3 is 20.1 Å². The third-order valence-electron chi connectivity index (χ3n) is 5.72. The van der Waals surface area contributed by atoms with E-state index >= 15 is 0 Å². The largest absolute Gasteiger partial charge is 0.361 e. The average Bonchev–Trinajstić information content (AvgIpc) is 3.18. The first kappa shape index (κ1) is 25.4. The highest BCUT2D eigenvalue weighted by molar-refractivity contribution is 14.0. The SMILES string of the molecule is CCNC(=NCc1ccc(N2CCC(C)CC2)nc1)NCc1c(CC)noc1CC.I. The second-order valence-corrected chi connectivity index (χ2v) is 7.98. The highest BCUT2D eigenvalue weighted by Gasteiger charge is 2.17. The molecule has 0 bridgehead atoms. The summed E-state index contributed by atoms with van der Waals surface area (Å²) in [6.45, 7) is 12.8. The molecule has 0 aromatic carbocycles. The van der Waals surface area contributed by atoms with Gasteiger partial charge in [0.1, 0.15) is 11.6 Å². The number of rotatable bonds is 8. The molecule has 0 amide bonds. The van der Waals surface area contributed by atoms with Crippen molar-refractivity contribution in [3.8, 4) is 0 Å². The standard InChI is InChI=1S/C23H36N6O.HI/c1-5-20-19(21(6-2)30-28-20)16-27-23(24-7-3)26-15-18-8-9-22(25-14-18)29-12-10-17(4)11-13-29;/h8-9,14,17H,5-7,10-13,15-16H2,1-4H3,(H2,24,26,27);1H. The zero-order valence-electron chi connectivity index (χ0n) is 19.3. The van der Waals surface area contributed by atoms with E-state index < -0.39 is 0 Å². The molecule has 7 nitrogen and oxygen atoms in total. The number of hydrogen-bond acceptors (Lipinski definition) is 5. The molecule has 0 unspecified atom stereocenters. The van der Waals surface area contributed by atoms with Crippen molar-refractivity contribution < 1.29 is 4.52 Å². The lowest BCUT2D eigenvalue weighted by Crippen LogP contribution is -2.37. The molecule has 3 rings (SSSR count). The highest BCUT2D eigenvalue weighted by Crippen LogP contribution is 2.21. The Balaban J connectivity index is 0.00000341. The molecule has 2 aromatic heterocycles. The molecule has 1 fully saturated rings. The van der Waals surface area contributed by atoms with Gasteiger partial charge in [0, 0.05) is 44.4 Å². The first-order valence-corrected chi connectivity index (χ1v) is 11.3. The van der Waals surface area contributed by atoms with Crippen LogP contribution < -0.4 is 15.5 Å². The molecular formula is C23H37IN6O. The van der Waals surface area contributed by atoms with Crippen molar-refractivity contribution in [2.45, 2.75) is 66.5 Å². The van der Waals surface area contributed by atoms with Gasteiger partial charge in [-0.05, 0) is 43.7 Å². The molecule has 8 heteroatoms. The van der Waals surface area contributed by atoms with Gasteiger partial charge in [0.15, 0.2) is 5.96 Å². The van der Waals surface area contributed by atoms with Crippen LogP contribution in [0.3, 0.4) is 0 Å². The minimum absolute atomic E-state index is 0. The van der Waals surface area contributed by atoms with Crippen LogP contribution in [0.5, 0.6) is 0 Å². The number of aliphatic imine (C=N–C) groups is 1. The number of halogens is 1. The van der Waals surface area contributed by atoms with Crippen LogP contribution in [0.2, 0.25) is 0 Å². The first-order chi connectivity index (χ1) is 14.6. The zero-order chi connectivity index (χ0) is 21.3. The molecule has 172 valence electrons. The molecular weight excluding hydrogens is 503 g/mol. The second-order valence-electron chi connectivity index (χ2n) is 7.98. The maximum absolute atomic E-state index is 5.46. The maximum Gasteiger partial charge on any atom is 0.191 e. The lowest BCUT2D eigenvalue weighted by atomic mass is 9.99. The predicted molar refractivity (Wildman–Crippen MR) is 137 cm³/mol. The van der Waals surface area contributed by atoms with E-state index in [1.54, 1.807) is 0 Å². The monoisotopic (exact) mass is 540 g/mol. The first-order valence-electron chi connectivity index (χ1n) is 11.3. The number of aromatic nitrogens is 2. The minimum atomic E-state index is 0. The van der Waals surface area contributed by atoms with Crippen LogP contribution in [0.4, 0.5) is 5.82 Å². The van der Waals surface area contributed by atoms with Gasteiger partial charge in [-0.15, -0.1) is 24.0 Å². The van der Waals surface area contributed by atoms with Crippen LogP contribution in [0.1, 0.15) is 63.1 Å². The lowest BCUT2D eigenvalue weighted by Gasteiger charge is -2.31. The quantitative estimate of drug-likeness (QED) is 0.295. The summed E-state index contributed by atoms with van der Waals surface area (Å²) >= 11 is 0. The smallest absolute Gasteiger partial charge is 0.191 e. The Morgan fingerprint density at radius 3 is 2.55 bits per heavy atom. The van der Waals surface area contributed by atoms with Gasteiger partial charge in [0.05, 0.1) is 12.2 Å². The van der Waals surface area contributed by atoms with Gasteiger partial charge in [0.2, 0.25) is 0 Å². The fourth-order valence-electron chi connectivity index (χ4n) is 3.76. The zero-order valence-corrected chi connectivity index (χ0v) is 21.6. The van der Waals surface area contributed by atoms with Crippen LogP contribution in [-0.2, 0) is 25.9 Å². The van der Waals surface area contributed by atoms with E-state index in [4.69, 9.17) is 9.52 Å². The van der Waals surface area contributed by atoms with Crippen molar-refractivity contribution in [2.75, 3.05) is 24.5 Å². The Bertz CT molecular complexity index is 790. The van der Waals surface area contributed by atoms with Crippen molar-refractivity contribution in [3.63, 3.8) is 0 Å². The van der Waals surface area contributed by atoms with E-state index in [9.17, 15) is 0 Å². The third-order valence-corrected chi connectivity index (χ3v) is 5.72. The van der Waals surface area contributed by atoms with Crippen LogP contribution in [0, 0.1) is 5.92 Å². The second kappa shape index (κ2) is 12.9. The van der Waals surface area contributed by atoms with Gasteiger partial charge in [-0.3, -0.25) is 0 Å². The molecule has 0 spiro atoms. The van der Waals surface area contributed by atoms with Gasteiger partial charge in [-0.2, -0.15) is 0 Å². The summed E-state index contributed by atoms with van der Waals surface area (Å²) in [5.41, 5.74) is 3.27.